The van der Waals surface area contributed by atoms with E-state index in [-0.39, 0.29) is 5.91 Å². The Morgan fingerprint density at radius 1 is 1.50 bits per heavy atom. The van der Waals surface area contributed by atoms with Gasteiger partial charge in [0, 0.05) is 6.54 Å². The molecule has 0 aliphatic rings. The van der Waals surface area contributed by atoms with Crippen LogP contribution in [0.4, 0.5) is 0 Å². The van der Waals surface area contributed by atoms with Crippen LogP contribution in [0.1, 0.15) is 26.2 Å². The van der Waals surface area contributed by atoms with Crippen LogP contribution in [0, 0.1) is 0 Å². The molecule has 0 aromatic rings. The fraction of sp³-hybridized carbons (Fsp3) is 0.875. The van der Waals surface area contributed by atoms with E-state index in [2.05, 4.69) is 17.9 Å². The Kier molecular flexibility index (Phi) is 7.29. The molecular weight excluding hydrogens is 172 g/mol. The molecule has 72 valence electrons. The smallest absolute Gasteiger partial charge is 0.236 e. The monoisotopic (exact) mass is 190 g/mol. The minimum Gasteiger partial charge on any atom is -0.355 e. The second kappa shape index (κ2) is 7.43. The van der Waals surface area contributed by atoms with Crippen LogP contribution < -0.4 is 11.1 Å². The van der Waals surface area contributed by atoms with E-state index in [1.165, 1.54) is 0 Å². The Hall–Kier alpha value is -0.220. The van der Waals surface area contributed by atoms with Gasteiger partial charge in [-0.25, -0.2) is 0 Å². The predicted octanol–water partition coefficient (Wildman–Crippen LogP) is 0.550. The maximum absolute atomic E-state index is 10.9. The van der Waals surface area contributed by atoms with Crippen LogP contribution in [0.5, 0.6) is 0 Å². The van der Waals surface area contributed by atoms with Crippen molar-refractivity contribution >= 4 is 18.5 Å². The van der Waals surface area contributed by atoms with Gasteiger partial charge in [0.15, 0.2) is 0 Å². The van der Waals surface area contributed by atoms with Gasteiger partial charge in [0.05, 0.1) is 6.04 Å². The van der Waals surface area contributed by atoms with Gasteiger partial charge in [0.25, 0.3) is 0 Å². The highest BCUT2D eigenvalue weighted by Gasteiger charge is 2.04. The normalized spacial score (nSPS) is 12.6. The number of thiol groups is 1. The molecule has 0 radical (unpaired) electrons. The number of nitrogens with two attached hydrogens (primary N) is 1. The highest BCUT2D eigenvalue weighted by atomic mass is 32.1. The number of carbonyl (C=O) groups excluding carboxylic acids is 1. The second-order valence-electron chi connectivity index (χ2n) is 2.86. The summed E-state index contributed by atoms with van der Waals surface area (Å²) in [5.74, 6) is 0.849. The summed E-state index contributed by atoms with van der Waals surface area (Å²) >= 11 is 4.09. The molecule has 3 N–H and O–H groups in total. The van der Waals surface area contributed by atoms with Gasteiger partial charge in [0.1, 0.15) is 0 Å². The number of hydrogen-bond acceptors (Lipinski definition) is 3. The van der Waals surface area contributed by atoms with E-state index in [1.807, 2.05) is 0 Å². The molecule has 1 atom stereocenters. The zero-order chi connectivity index (χ0) is 9.40. The molecule has 0 aliphatic carbocycles. The first-order valence-electron chi connectivity index (χ1n) is 4.32. The SMILES string of the molecule is C[C@H](N)C(=O)NCCCCCS. The lowest BCUT2D eigenvalue weighted by molar-refractivity contribution is -0.121. The Labute approximate surface area is 79.5 Å². The van der Waals surface area contributed by atoms with Gasteiger partial charge in [-0.15, -0.1) is 0 Å². The van der Waals surface area contributed by atoms with Gasteiger partial charge in [-0.2, -0.15) is 12.6 Å². The van der Waals surface area contributed by atoms with Gasteiger partial charge in [-0.1, -0.05) is 6.42 Å². The third-order valence-corrected chi connectivity index (χ3v) is 1.86. The van der Waals surface area contributed by atoms with Gasteiger partial charge in [0.2, 0.25) is 5.91 Å². The Balaban J connectivity index is 3.14. The zero-order valence-corrected chi connectivity index (χ0v) is 8.44. The van der Waals surface area contributed by atoms with Crippen molar-refractivity contribution in [3.8, 4) is 0 Å². The number of carbonyl (C=O) groups is 1. The van der Waals surface area contributed by atoms with E-state index < -0.39 is 6.04 Å². The summed E-state index contributed by atoms with van der Waals surface area (Å²) in [7, 11) is 0. The van der Waals surface area contributed by atoms with Gasteiger partial charge in [-0.3, -0.25) is 4.79 Å². The first kappa shape index (κ1) is 11.8. The first-order chi connectivity index (χ1) is 5.68. The molecule has 1 amide bonds. The molecule has 12 heavy (non-hydrogen) atoms. The van der Waals surface area contributed by atoms with Crippen LogP contribution in [-0.4, -0.2) is 24.2 Å². The summed E-state index contributed by atoms with van der Waals surface area (Å²) in [6, 6.07) is -0.394. The van der Waals surface area contributed by atoms with Crippen LogP contribution in [0.2, 0.25) is 0 Å². The average molecular weight is 190 g/mol. The van der Waals surface area contributed by atoms with E-state index in [4.69, 9.17) is 5.73 Å². The van der Waals surface area contributed by atoms with Crippen LogP contribution in [-0.2, 0) is 4.79 Å². The number of nitrogens with one attached hydrogen (secondary N) is 1. The second-order valence-corrected chi connectivity index (χ2v) is 3.31. The zero-order valence-electron chi connectivity index (χ0n) is 7.55. The number of hydrogen-bond donors (Lipinski definition) is 3. The quantitative estimate of drug-likeness (QED) is 0.423. The van der Waals surface area contributed by atoms with Gasteiger partial charge >= 0.3 is 0 Å². The summed E-state index contributed by atoms with van der Waals surface area (Å²) in [5, 5.41) is 2.75. The molecule has 0 saturated heterocycles. The number of unbranched alkanes of at least 4 members (excludes halogenated alkanes) is 2. The Morgan fingerprint density at radius 2 is 2.17 bits per heavy atom. The fourth-order valence-corrected chi connectivity index (χ4v) is 1.01. The topological polar surface area (TPSA) is 55.1 Å². The molecule has 0 heterocycles. The molecule has 3 nitrogen and oxygen atoms in total. The first-order valence-corrected chi connectivity index (χ1v) is 4.96. The molecular formula is C8H18N2OS. The van der Waals surface area contributed by atoms with Gasteiger partial charge in [-0.05, 0) is 25.5 Å². The molecule has 0 bridgehead atoms. The maximum atomic E-state index is 10.9. The van der Waals surface area contributed by atoms with Crippen LogP contribution in [0.15, 0.2) is 0 Å². The highest BCUT2D eigenvalue weighted by Crippen LogP contribution is 1.95. The largest absolute Gasteiger partial charge is 0.355 e. The average Bonchev–Trinajstić information content (AvgIpc) is 2.03. The van der Waals surface area contributed by atoms with E-state index in [9.17, 15) is 4.79 Å². The summed E-state index contributed by atoms with van der Waals surface area (Å²) in [5.41, 5.74) is 5.35. The number of amides is 1. The standard InChI is InChI=1S/C8H18N2OS/c1-7(9)8(11)10-5-3-2-4-6-12/h7,12H,2-6,9H2,1H3,(H,10,11)/t7-/m0/s1. The van der Waals surface area contributed by atoms with Crippen LogP contribution in [0.25, 0.3) is 0 Å². The summed E-state index contributed by atoms with van der Waals surface area (Å²) < 4.78 is 0. The Morgan fingerprint density at radius 3 is 2.67 bits per heavy atom. The summed E-state index contributed by atoms with van der Waals surface area (Å²) in [6.45, 7) is 2.41. The molecule has 0 spiro atoms. The summed E-state index contributed by atoms with van der Waals surface area (Å²) in [4.78, 5) is 10.9. The lowest BCUT2D eigenvalue weighted by atomic mass is 10.2. The Bertz CT molecular complexity index is 128. The molecule has 0 unspecified atom stereocenters. The third kappa shape index (κ3) is 6.49. The molecule has 0 fully saturated rings. The molecule has 0 aromatic carbocycles. The number of rotatable bonds is 6. The maximum Gasteiger partial charge on any atom is 0.236 e. The molecule has 0 saturated carbocycles. The van der Waals surface area contributed by atoms with Crippen molar-refractivity contribution in [2.45, 2.75) is 32.2 Å². The van der Waals surface area contributed by atoms with E-state index in [1.54, 1.807) is 6.92 Å². The van der Waals surface area contributed by atoms with Gasteiger partial charge < -0.3 is 11.1 Å². The lowest BCUT2D eigenvalue weighted by Crippen LogP contribution is -2.38. The van der Waals surface area contributed by atoms with Crippen molar-refractivity contribution in [2.75, 3.05) is 12.3 Å². The summed E-state index contributed by atoms with van der Waals surface area (Å²) in [6.07, 6.45) is 3.24. The molecule has 0 aromatic heterocycles. The van der Waals surface area contributed by atoms with Crippen molar-refractivity contribution in [1.29, 1.82) is 0 Å². The van der Waals surface area contributed by atoms with Crippen molar-refractivity contribution in [2.24, 2.45) is 5.73 Å². The van der Waals surface area contributed by atoms with Crippen LogP contribution in [0.3, 0.4) is 0 Å². The fourth-order valence-electron chi connectivity index (χ4n) is 0.786. The molecule has 0 aliphatic heterocycles. The predicted molar refractivity (Wildman–Crippen MR) is 54.4 cm³/mol. The molecule has 0 rings (SSSR count). The van der Waals surface area contributed by atoms with E-state index in [0.717, 1.165) is 31.6 Å². The lowest BCUT2D eigenvalue weighted by Gasteiger charge is -2.06. The third-order valence-electron chi connectivity index (χ3n) is 1.55. The van der Waals surface area contributed by atoms with Crippen molar-refractivity contribution in [3.63, 3.8) is 0 Å². The van der Waals surface area contributed by atoms with Crippen molar-refractivity contribution in [1.82, 2.24) is 5.32 Å². The highest BCUT2D eigenvalue weighted by molar-refractivity contribution is 7.80. The minimum absolute atomic E-state index is 0.0686. The van der Waals surface area contributed by atoms with Crippen LogP contribution >= 0.6 is 12.6 Å². The van der Waals surface area contributed by atoms with E-state index >= 15 is 0 Å². The van der Waals surface area contributed by atoms with Crippen molar-refractivity contribution in [3.05, 3.63) is 0 Å². The van der Waals surface area contributed by atoms with E-state index in [0.29, 0.717) is 0 Å². The minimum atomic E-state index is -0.394. The molecule has 4 heteroatoms. The van der Waals surface area contributed by atoms with Crippen molar-refractivity contribution < 1.29 is 4.79 Å².